The van der Waals surface area contributed by atoms with Gasteiger partial charge in [-0.1, -0.05) is 0 Å². The Bertz CT molecular complexity index is 279. The van der Waals surface area contributed by atoms with Gasteiger partial charge in [0.15, 0.2) is 0 Å². The molecule has 0 fully saturated rings. The van der Waals surface area contributed by atoms with Gasteiger partial charge in [-0.15, -0.1) is 0 Å². The van der Waals surface area contributed by atoms with E-state index < -0.39 is 12.2 Å². The molecule has 0 saturated carbocycles. The maximum Gasteiger partial charge on any atom is 0.335 e. The molecule has 0 radical (unpaired) electrons. The highest BCUT2D eigenvalue weighted by atomic mass is 16.4. The number of aromatic hydroxyl groups is 1. The summed E-state index contributed by atoms with van der Waals surface area (Å²) in [6, 6.07) is 5.36. The van der Waals surface area contributed by atoms with Crippen LogP contribution in [0.5, 0.6) is 5.75 Å². The van der Waals surface area contributed by atoms with E-state index in [4.69, 9.17) is 15.3 Å². The molecule has 0 aliphatic rings. The van der Waals surface area contributed by atoms with Crippen LogP contribution in [-0.2, 0) is 0 Å². The zero-order valence-corrected chi connectivity index (χ0v) is 7.71. The average Bonchev–Trinajstić information content (AvgIpc) is 2.03. The lowest BCUT2D eigenvalue weighted by Gasteiger charge is -1.92. The summed E-state index contributed by atoms with van der Waals surface area (Å²) in [5.41, 5.74) is 4.85. The van der Waals surface area contributed by atoms with E-state index in [-0.39, 0.29) is 11.3 Å². The maximum atomic E-state index is 10.2. The van der Waals surface area contributed by atoms with Crippen molar-refractivity contribution < 1.29 is 20.1 Å². The third-order valence-electron chi connectivity index (χ3n) is 1.11. The number of carbonyl (C=O) groups is 1. The first-order valence-corrected chi connectivity index (χ1v) is 3.89. The number of aromatic carboxylic acids is 1. The van der Waals surface area contributed by atoms with Crippen molar-refractivity contribution in [1.82, 2.24) is 0 Å². The summed E-state index contributed by atoms with van der Waals surface area (Å²) in [7, 11) is 0. The van der Waals surface area contributed by atoms with Crippen LogP contribution in [-0.4, -0.2) is 27.5 Å². The molecule has 1 unspecified atom stereocenters. The van der Waals surface area contributed by atoms with Gasteiger partial charge >= 0.3 is 5.97 Å². The minimum Gasteiger partial charge on any atom is -0.508 e. The molecule has 0 amide bonds. The Morgan fingerprint density at radius 1 is 1.36 bits per heavy atom. The minimum atomic E-state index is -0.986. The van der Waals surface area contributed by atoms with Crippen LogP contribution >= 0.6 is 0 Å². The Kier molecular flexibility index (Phi) is 5.28. The first kappa shape index (κ1) is 12.4. The molecule has 78 valence electrons. The molecule has 0 aliphatic carbocycles. The minimum absolute atomic E-state index is 0.0741. The third kappa shape index (κ3) is 5.99. The van der Waals surface area contributed by atoms with Crippen LogP contribution in [0.2, 0.25) is 0 Å². The molecule has 0 heterocycles. The Morgan fingerprint density at radius 3 is 2.00 bits per heavy atom. The molecular weight excluding hydrogens is 186 g/mol. The van der Waals surface area contributed by atoms with Crippen LogP contribution in [0.15, 0.2) is 24.3 Å². The van der Waals surface area contributed by atoms with Crippen LogP contribution in [0.3, 0.4) is 0 Å². The number of rotatable bonds is 1. The Labute approximate surface area is 81.4 Å². The van der Waals surface area contributed by atoms with Crippen molar-refractivity contribution in [2.45, 2.75) is 13.2 Å². The molecule has 5 heteroatoms. The predicted octanol–water partition coefficient (Wildman–Crippen LogP) is 0.374. The lowest BCUT2D eigenvalue weighted by atomic mass is 10.2. The molecule has 1 aromatic carbocycles. The van der Waals surface area contributed by atoms with Crippen LogP contribution in [0.4, 0.5) is 0 Å². The molecular formula is C9H13NO4. The zero-order chi connectivity index (χ0) is 11.1. The first-order valence-electron chi connectivity index (χ1n) is 3.89. The largest absolute Gasteiger partial charge is 0.508 e. The van der Waals surface area contributed by atoms with E-state index in [1.165, 1.54) is 31.2 Å². The lowest BCUT2D eigenvalue weighted by Crippen LogP contribution is -2.11. The van der Waals surface area contributed by atoms with Crippen molar-refractivity contribution in [3.8, 4) is 5.75 Å². The van der Waals surface area contributed by atoms with Gasteiger partial charge in [-0.05, 0) is 31.2 Å². The fourth-order valence-electron chi connectivity index (χ4n) is 0.604. The summed E-state index contributed by atoms with van der Waals surface area (Å²) in [5, 5.41) is 25.0. The molecule has 5 N–H and O–H groups in total. The maximum absolute atomic E-state index is 10.2. The van der Waals surface area contributed by atoms with Crippen LogP contribution < -0.4 is 5.73 Å². The molecule has 1 aromatic rings. The highest BCUT2D eigenvalue weighted by Gasteiger charge is 1.99. The zero-order valence-electron chi connectivity index (χ0n) is 7.71. The van der Waals surface area contributed by atoms with E-state index >= 15 is 0 Å². The predicted molar refractivity (Wildman–Crippen MR) is 50.9 cm³/mol. The van der Waals surface area contributed by atoms with Gasteiger partial charge in [-0.3, -0.25) is 0 Å². The van der Waals surface area contributed by atoms with E-state index in [1.807, 2.05) is 0 Å². The number of hydrogen-bond acceptors (Lipinski definition) is 4. The van der Waals surface area contributed by atoms with Crippen LogP contribution in [0.1, 0.15) is 17.3 Å². The molecule has 0 saturated heterocycles. The summed E-state index contributed by atoms with van der Waals surface area (Å²) >= 11 is 0. The topological polar surface area (TPSA) is 104 Å². The normalized spacial score (nSPS) is 11.1. The van der Waals surface area contributed by atoms with Gasteiger partial charge in [-0.2, -0.15) is 0 Å². The van der Waals surface area contributed by atoms with E-state index in [1.54, 1.807) is 0 Å². The van der Waals surface area contributed by atoms with Crippen molar-refractivity contribution in [2.75, 3.05) is 0 Å². The number of benzene rings is 1. The van der Waals surface area contributed by atoms with Crippen molar-refractivity contribution in [1.29, 1.82) is 0 Å². The van der Waals surface area contributed by atoms with E-state index in [0.29, 0.717) is 0 Å². The molecule has 0 spiro atoms. The standard InChI is InChI=1S/C7H6O3.C2H7NO/c8-6-3-1-5(2-4-6)7(9)10;1-2(3)4/h1-4,8H,(H,9,10);2,4H,3H2,1H3. The van der Waals surface area contributed by atoms with Gasteiger partial charge < -0.3 is 21.1 Å². The quantitative estimate of drug-likeness (QED) is 0.489. The van der Waals surface area contributed by atoms with Crippen LogP contribution in [0.25, 0.3) is 0 Å². The number of nitrogens with two attached hydrogens (primary N) is 1. The van der Waals surface area contributed by atoms with Gasteiger partial charge in [0.25, 0.3) is 0 Å². The number of carboxylic acid groups (broad SMARTS) is 1. The summed E-state index contributed by atoms with van der Waals surface area (Å²) in [6.45, 7) is 1.50. The van der Waals surface area contributed by atoms with E-state index in [2.05, 4.69) is 5.73 Å². The van der Waals surface area contributed by atoms with Gasteiger partial charge in [0, 0.05) is 0 Å². The van der Waals surface area contributed by atoms with Gasteiger partial charge in [0.1, 0.15) is 5.75 Å². The van der Waals surface area contributed by atoms with Crippen molar-refractivity contribution in [2.24, 2.45) is 5.73 Å². The Hall–Kier alpha value is -1.59. The summed E-state index contributed by atoms with van der Waals surface area (Å²) in [4.78, 5) is 10.2. The van der Waals surface area contributed by atoms with E-state index in [9.17, 15) is 4.79 Å². The molecule has 1 atom stereocenters. The highest BCUT2D eigenvalue weighted by Crippen LogP contribution is 2.08. The number of hydrogen-bond donors (Lipinski definition) is 4. The summed E-state index contributed by atoms with van der Waals surface area (Å²) in [6.07, 6.45) is -0.667. The monoisotopic (exact) mass is 199 g/mol. The number of aliphatic hydroxyl groups excluding tert-OH is 1. The Morgan fingerprint density at radius 2 is 1.71 bits per heavy atom. The fourth-order valence-corrected chi connectivity index (χ4v) is 0.604. The van der Waals surface area contributed by atoms with Crippen LogP contribution in [0, 0.1) is 0 Å². The highest BCUT2D eigenvalue weighted by molar-refractivity contribution is 5.87. The van der Waals surface area contributed by atoms with Crippen molar-refractivity contribution in [3.63, 3.8) is 0 Å². The fraction of sp³-hybridized carbons (Fsp3) is 0.222. The molecule has 0 aromatic heterocycles. The molecule has 1 rings (SSSR count). The van der Waals surface area contributed by atoms with Crippen molar-refractivity contribution in [3.05, 3.63) is 29.8 Å². The van der Waals surface area contributed by atoms with Gasteiger partial charge in [-0.25, -0.2) is 4.79 Å². The first-order chi connectivity index (χ1) is 6.43. The molecule has 14 heavy (non-hydrogen) atoms. The Balaban J connectivity index is 0.000000364. The summed E-state index contributed by atoms with van der Waals surface area (Å²) in [5.74, 6) is -0.912. The molecule has 0 aliphatic heterocycles. The van der Waals surface area contributed by atoms with Crippen molar-refractivity contribution >= 4 is 5.97 Å². The van der Waals surface area contributed by atoms with Gasteiger partial charge in [0.05, 0.1) is 11.8 Å². The smallest absolute Gasteiger partial charge is 0.335 e. The summed E-state index contributed by atoms with van der Waals surface area (Å²) < 4.78 is 0. The number of aliphatic hydroxyl groups is 1. The molecule has 0 bridgehead atoms. The average molecular weight is 199 g/mol. The third-order valence-corrected chi connectivity index (χ3v) is 1.11. The number of phenolic OH excluding ortho intramolecular Hbond substituents is 1. The van der Waals surface area contributed by atoms with E-state index in [0.717, 1.165) is 0 Å². The second-order valence-electron chi connectivity index (χ2n) is 2.59. The van der Waals surface area contributed by atoms with Gasteiger partial charge in [0.2, 0.25) is 0 Å². The number of phenols is 1. The molecule has 5 nitrogen and oxygen atoms in total. The SMILES string of the molecule is CC(N)O.O=C(O)c1ccc(O)cc1. The lowest BCUT2D eigenvalue weighted by molar-refractivity contribution is 0.0697. The number of carboxylic acids is 1. The second kappa shape index (κ2) is 5.95. The second-order valence-corrected chi connectivity index (χ2v) is 2.59.